The predicted molar refractivity (Wildman–Crippen MR) is 157 cm³/mol. The average molecular weight is 777 g/mol. The molecule has 2 nitrogen and oxygen atoms in total. The first-order chi connectivity index (χ1) is 15.6. The molecule has 0 saturated carbocycles. The lowest BCUT2D eigenvalue weighted by molar-refractivity contribution is 0.215. The molecule has 0 spiro atoms. The van der Waals surface area contributed by atoms with Gasteiger partial charge in [-0.15, -0.1) is 0 Å². The van der Waals surface area contributed by atoms with Crippen LogP contribution in [0.3, 0.4) is 0 Å². The van der Waals surface area contributed by atoms with Crippen LogP contribution >= 0.6 is 67.8 Å². The van der Waals surface area contributed by atoms with Crippen LogP contribution in [0.15, 0.2) is 112 Å². The monoisotopic (exact) mass is 777 g/mol. The van der Waals surface area contributed by atoms with Crippen molar-refractivity contribution in [3.8, 4) is 11.5 Å². The van der Waals surface area contributed by atoms with E-state index in [1.807, 2.05) is 0 Å². The van der Waals surface area contributed by atoms with Gasteiger partial charge in [-0.1, -0.05) is 36.4 Å². The first-order valence-electron chi connectivity index (χ1n) is 9.97. The molecule has 162 valence electrons. The Bertz CT molecular complexity index is 1110. The third-order valence-electron chi connectivity index (χ3n) is 4.62. The molecular weight excluding hydrogens is 757 g/mol. The van der Waals surface area contributed by atoms with E-state index in [4.69, 9.17) is 9.47 Å². The molecule has 0 heterocycles. The van der Waals surface area contributed by atoms with Crippen molar-refractivity contribution in [3.63, 3.8) is 0 Å². The van der Waals surface area contributed by atoms with Crippen molar-refractivity contribution in [1.29, 1.82) is 0 Å². The zero-order valence-corrected chi connectivity index (χ0v) is 24.3. The fraction of sp³-hybridized carbons (Fsp3) is 0.0769. The number of ether oxygens (including phenoxy) is 2. The quantitative estimate of drug-likeness (QED) is 0.0781. The van der Waals surface area contributed by atoms with E-state index in [0.29, 0.717) is 13.2 Å². The largest absolute Gasteiger partial charge is 0.490 e. The molecule has 0 aromatic heterocycles. The van der Waals surface area contributed by atoms with Crippen molar-refractivity contribution in [2.75, 3.05) is 13.2 Å². The molecule has 0 radical (unpaired) electrons. The molecule has 0 saturated heterocycles. The normalized spacial score (nSPS) is 10.9. The van der Waals surface area contributed by atoms with E-state index < -0.39 is 0 Å². The van der Waals surface area contributed by atoms with Crippen LogP contribution in [0.5, 0.6) is 11.5 Å². The summed E-state index contributed by atoms with van der Waals surface area (Å²) < 4.78 is 15.4. The van der Waals surface area contributed by atoms with Gasteiger partial charge in [0.1, 0.15) is 24.7 Å². The van der Waals surface area contributed by atoms with Crippen molar-refractivity contribution < 1.29 is 9.47 Å². The van der Waals surface area contributed by atoms with Crippen molar-refractivity contribution in [1.82, 2.24) is 0 Å². The fourth-order valence-electron chi connectivity index (χ4n) is 3.14. The van der Waals surface area contributed by atoms with Gasteiger partial charge in [0, 0.05) is 3.57 Å². The average Bonchev–Trinajstić information content (AvgIpc) is 2.83. The molecular formula is C26H20I3O2S+. The highest BCUT2D eigenvalue weighted by Gasteiger charge is 2.28. The maximum Gasteiger partial charge on any atom is 0.166 e. The molecule has 0 N–H and O–H groups in total. The van der Waals surface area contributed by atoms with E-state index in [2.05, 4.69) is 165 Å². The number of hydrogen-bond acceptors (Lipinski definition) is 2. The summed E-state index contributed by atoms with van der Waals surface area (Å²) in [5, 5.41) is 0. The second-order valence-electron chi connectivity index (χ2n) is 6.77. The fourth-order valence-corrected chi connectivity index (χ4v) is 7.39. The minimum absolute atomic E-state index is 0.145. The number of halogens is 3. The van der Waals surface area contributed by atoms with E-state index in [9.17, 15) is 0 Å². The highest BCUT2D eigenvalue weighted by atomic mass is 127. The SMILES string of the molecule is Ic1ccc(I)c(OCCOc2ccc([S+](c3ccccc3)c3ccccc3)cc2)c1I. The van der Waals surface area contributed by atoms with Gasteiger partial charge in [-0.2, -0.15) is 0 Å². The van der Waals surface area contributed by atoms with Crippen LogP contribution in [0.4, 0.5) is 0 Å². The van der Waals surface area contributed by atoms with Crippen LogP contribution in [-0.4, -0.2) is 13.2 Å². The van der Waals surface area contributed by atoms with Gasteiger partial charge in [0.2, 0.25) is 0 Å². The summed E-state index contributed by atoms with van der Waals surface area (Å²) in [7, 11) is -0.145. The second-order valence-corrected chi connectivity index (χ2v) is 12.2. The summed E-state index contributed by atoms with van der Waals surface area (Å²) in [4.78, 5) is 3.89. The van der Waals surface area contributed by atoms with Crippen molar-refractivity contribution in [2.24, 2.45) is 0 Å². The minimum atomic E-state index is -0.145. The van der Waals surface area contributed by atoms with Crippen LogP contribution < -0.4 is 9.47 Å². The zero-order chi connectivity index (χ0) is 22.3. The van der Waals surface area contributed by atoms with E-state index in [0.717, 1.165) is 18.6 Å². The molecule has 6 heteroatoms. The molecule has 0 aliphatic rings. The Balaban J connectivity index is 1.43. The maximum atomic E-state index is 6.00. The summed E-state index contributed by atoms with van der Waals surface area (Å²) in [5.41, 5.74) is 0. The van der Waals surface area contributed by atoms with Crippen LogP contribution in [0.2, 0.25) is 0 Å². The molecule has 32 heavy (non-hydrogen) atoms. The number of benzene rings is 4. The van der Waals surface area contributed by atoms with Crippen molar-refractivity contribution >= 4 is 78.7 Å². The Morgan fingerprint density at radius 1 is 0.531 bits per heavy atom. The molecule has 0 unspecified atom stereocenters. The van der Waals surface area contributed by atoms with Crippen molar-refractivity contribution in [2.45, 2.75) is 14.7 Å². The summed E-state index contributed by atoms with van der Waals surface area (Å²) in [6.45, 7) is 1.01. The Morgan fingerprint density at radius 3 is 1.62 bits per heavy atom. The Hall–Kier alpha value is -0.980. The minimum Gasteiger partial charge on any atom is -0.490 e. The smallest absolute Gasteiger partial charge is 0.166 e. The van der Waals surface area contributed by atoms with Crippen LogP contribution in [-0.2, 0) is 10.9 Å². The van der Waals surface area contributed by atoms with Crippen LogP contribution in [0, 0.1) is 10.7 Å². The van der Waals surface area contributed by atoms with Gasteiger partial charge < -0.3 is 9.47 Å². The standard InChI is InChI=1S/C26H20I3O2S/c27-23-15-16-24(28)26(25(23)29)31-18-17-30-19-11-13-22(14-12-19)32(20-7-3-1-4-8-20)21-9-5-2-6-10-21/h1-16H,17-18H2/q+1. The second kappa shape index (κ2) is 11.9. The van der Waals surface area contributed by atoms with E-state index in [1.54, 1.807) is 0 Å². The molecule has 0 bridgehead atoms. The Morgan fingerprint density at radius 2 is 1.03 bits per heavy atom. The molecule has 0 aliphatic heterocycles. The van der Waals surface area contributed by atoms with E-state index >= 15 is 0 Å². The molecule has 0 atom stereocenters. The molecule has 0 fully saturated rings. The van der Waals surface area contributed by atoms with Gasteiger partial charge in [0.05, 0.1) is 18.0 Å². The topological polar surface area (TPSA) is 18.5 Å². The third kappa shape index (κ3) is 6.12. The van der Waals surface area contributed by atoms with Crippen LogP contribution in [0.25, 0.3) is 0 Å². The van der Waals surface area contributed by atoms with Gasteiger partial charge in [-0.25, -0.2) is 0 Å². The van der Waals surface area contributed by atoms with Crippen molar-refractivity contribution in [3.05, 3.63) is 108 Å². The van der Waals surface area contributed by atoms with Gasteiger partial charge in [0.15, 0.2) is 14.7 Å². The van der Waals surface area contributed by atoms with Crippen LogP contribution in [0.1, 0.15) is 0 Å². The molecule has 0 amide bonds. The first kappa shape index (κ1) is 24.2. The number of hydrogen-bond donors (Lipinski definition) is 0. The lowest BCUT2D eigenvalue weighted by Crippen LogP contribution is -2.11. The van der Waals surface area contributed by atoms with Gasteiger partial charge in [-0.05, 0) is 128 Å². The highest BCUT2D eigenvalue weighted by Crippen LogP contribution is 2.32. The molecule has 0 aliphatic carbocycles. The number of rotatable bonds is 8. The third-order valence-corrected chi connectivity index (χ3v) is 10.7. The summed E-state index contributed by atoms with van der Waals surface area (Å²) in [6, 6.07) is 34.0. The van der Waals surface area contributed by atoms with Gasteiger partial charge >= 0.3 is 0 Å². The first-order valence-corrected chi connectivity index (χ1v) is 14.4. The Labute approximate surface area is 232 Å². The van der Waals surface area contributed by atoms with E-state index in [-0.39, 0.29) is 10.9 Å². The summed E-state index contributed by atoms with van der Waals surface area (Å²) in [5.74, 6) is 1.79. The summed E-state index contributed by atoms with van der Waals surface area (Å²) in [6.07, 6.45) is 0. The predicted octanol–water partition coefficient (Wildman–Crippen LogP) is 8.05. The molecule has 4 rings (SSSR count). The zero-order valence-electron chi connectivity index (χ0n) is 17.0. The summed E-state index contributed by atoms with van der Waals surface area (Å²) >= 11 is 6.98. The molecule has 4 aromatic carbocycles. The molecule has 4 aromatic rings. The van der Waals surface area contributed by atoms with Gasteiger partial charge in [-0.3, -0.25) is 0 Å². The lowest BCUT2D eigenvalue weighted by atomic mass is 10.3. The Kier molecular flexibility index (Phi) is 9.01. The lowest BCUT2D eigenvalue weighted by Gasteiger charge is -2.12. The van der Waals surface area contributed by atoms with E-state index in [1.165, 1.54) is 18.3 Å². The highest BCUT2D eigenvalue weighted by molar-refractivity contribution is 14.1. The van der Waals surface area contributed by atoms with Gasteiger partial charge in [0.25, 0.3) is 0 Å². The maximum absolute atomic E-state index is 6.00.